The first kappa shape index (κ1) is 17.4. The van der Waals surface area contributed by atoms with Gasteiger partial charge >= 0.3 is 0 Å². The molecule has 20 heavy (non-hydrogen) atoms. The fraction of sp³-hybridized carbons (Fsp3) is 0.933. The van der Waals surface area contributed by atoms with Crippen LogP contribution in [0.25, 0.3) is 0 Å². The fourth-order valence-corrected chi connectivity index (χ4v) is 3.05. The van der Waals surface area contributed by atoms with E-state index in [1.165, 1.54) is 6.42 Å². The standard InChI is InChI=1S/C15H31N3O2/c1-12(2)18(13(3)4)15(20)11-17(8-9-19)10-14-6-5-7-16-14/h12-14,16,19H,5-11H2,1-4H3. The van der Waals surface area contributed by atoms with E-state index in [2.05, 4.69) is 10.2 Å². The monoisotopic (exact) mass is 285 g/mol. The zero-order valence-electron chi connectivity index (χ0n) is 13.4. The lowest BCUT2D eigenvalue weighted by molar-refractivity contribution is -0.136. The minimum absolute atomic E-state index is 0.101. The van der Waals surface area contributed by atoms with Gasteiger partial charge in [0.1, 0.15) is 0 Å². The van der Waals surface area contributed by atoms with Gasteiger partial charge in [0.25, 0.3) is 0 Å². The molecular formula is C15H31N3O2. The van der Waals surface area contributed by atoms with Crippen LogP contribution in [0.2, 0.25) is 0 Å². The van der Waals surface area contributed by atoms with Crippen LogP contribution in [0.15, 0.2) is 0 Å². The predicted octanol–water partition coefficient (Wildman–Crippen LogP) is 0.678. The van der Waals surface area contributed by atoms with Gasteiger partial charge in [-0.25, -0.2) is 0 Å². The zero-order valence-corrected chi connectivity index (χ0v) is 13.4. The van der Waals surface area contributed by atoms with Crippen molar-refractivity contribution < 1.29 is 9.90 Å². The molecule has 1 aliphatic rings. The SMILES string of the molecule is CC(C)N(C(=O)CN(CCO)CC1CCCN1)C(C)C. The maximum Gasteiger partial charge on any atom is 0.237 e. The first-order chi connectivity index (χ1) is 9.45. The van der Waals surface area contributed by atoms with Crippen molar-refractivity contribution in [3.8, 4) is 0 Å². The molecule has 0 bridgehead atoms. The van der Waals surface area contributed by atoms with Crippen molar-refractivity contribution in [2.45, 2.75) is 58.7 Å². The van der Waals surface area contributed by atoms with E-state index in [4.69, 9.17) is 0 Å². The molecule has 1 fully saturated rings. The summed E-state index contributed by atoms with van der Waals surface area (Å²) in [5.74, 6) is 0.154. The van der Waals surface area contributed by atoms with E-state index in [0.717, 1.165) is 19.5 Å². The number of rotatable bonds is 8. The molecule has 0 aliphatic carbocycles. The summed E-state index contributed by atoms with van der Waals surface area (Å²) >= 11 is 0. The minimum atomic E-state index is 0.101. The van der Waals surface area contributed by atoms with E-state index < -0.39 is 0 Å². The molecule has 2 N–H and O–H groups in total. The van der Waals surface area contributed by atoms with Gasteiger partial charge in [0.05, 0.1) is 13.2 Å². The maximum atomic E-state index is 12.5. The molecule has 1 saturated heterocycles. The number of aliphatic hydroxyl groups excluding tert-OH is 1. The van der Waals surface area contributed by atoms with Crippen LogP contribution in [0.5, 0.6) is 0 Å². The molecule has 1 unspecified atom stereocenters. The van der Waals surface area contributed by atoms with Crippen molar-refractivity contribution in [1.29, 1.82) is 0 Å². The number of hydrogen-bond donors (Lipinski definition) is 2. The van der Waals surface area contributed by atoms with Crippen LogP contribution in [0.3, 0.4) is 0 Å². The average molecular weight is 285 g/mol. The summed E-state index contributed by atoms with van der Waals surface area (Å²) in [6, 6.07) is 0.882. The van der Waals surface area contributed by atoms with Crippen molar-refractivity contribution in [3.63, 3.8) is 0 Å². The second kappa shape index (κ2) is 8.60. The van der Waals surface area contributed by atoms with Gasteiger partial charge in [0.2, 0.25) is 5.91 Å². The lowest BCUT2D eigenvalue weighted by Crippen LogP contribution is -2.49. The van der Waals surface area contributed by atoms with Crippen molar-refractivity contribution in [3.05, 3.63) is 0 Å². The highest BCUT2D eigenvalue weighted by molar-refractivity contribution is 5.78. The van der Waals surface area contributed by atoms with E-state index in [1.54, 1.807) is 0 Å². The number of carbonyl (C=O) groups excluding carboxylic acids is 1. The molecule has 0 aromatic heterocycles. The first-order valence-electron chi connectivity index (χ1n) is 7.83. The Labute approximate surface area is 123 Å². The Kier molecular flexibility index (Phi) is 7.48. The predicted molar refractivity (Wildman–Crippen MR) is 81.7 cm³/mol. The van der Waals surface area contributed by atoms with Crippen LogP contribution in [0, 0.1) is 0 Å². The first-order valence-corrected chi connectivity index (χ1v) is 7.83. The summed E-state index contributed by atoms with van der Waals surface area (Å²) in [5, 5.41) is 12.6. The second-order valence-corrected chi connectivity index (χ2v) is 6.24. The third-order valence-corrected chi connectivity index (χ3v) is 3.82. The van der Waals surface area contributed by atoms with E-state index in [1.807, 2.05) is 32.6 Å². The molecule has 5 nitrogen and oxygen atoms in total. The molecule has 118 valence electrons. The van der Waals surface area contributed by atoms with Crippen molar-refractivity contribution in [2.75, 3.05) is 32.8 Å². The Bertz CT molecular complexity index is 281. The van der Waals surface area contributed by atoms with Gasteiger partial charge < -0.3 is 15.3 Å². The maximum absolute atomic E-state index is 12.5. The third-order valence-electron chi connectivity index (χ3n) is 3.82. The normalized spacial score (nSPS) is 19.3. The largest absolute Gasteiger partial charge is 0.395 e. The molecule has 1 heterocycles. The third kappa shape index (κ3) is 5.38. The molecule has 1 rings (SSSR count). The zero-order chi connectivity index (χ0) is 15.1. The quantitative estimate of drug-likeness (QED) is 0.688. The summed E-state index contributed by atoms with van der Waals surface area (Å²) < 4.78 is 0. The molecule has 0 spiro atoms. The number of nitrogens with one attached hydrogen (secondary N) is 1. The molecule has 0 aromatic carbocycles. The van der Waals surface area contributed by atoms with E-state index in [9.17, 15) is 9.90 Å². The van der Waals surface area contributed by atoms with Crippen LogP contribution < -0.4 is 5.32 Å². The van der Waals surface area contributed by atoms with Gasteiger partial charge in [-0.15, -0.1) is 0 Å². The van der Waals surface area contributed by atoms with Gasteiger partial charge in [-0.2, -0.15) is 0 Å². The number of hydrogen-bond acceptors (Lipinski definition) is 4. The smallest absolute Gasteiger partial charge is 0.237 e. The number of aliphatic hydroxyl groups is 1. The Morgan fingerprint density at radius 2 is 1.95 bits per heavy atom. The molecule has 0 saturated carbocycles. The lowest BCUT2D eigenvalue weighted by Gasteiger charge is -2.33. The van der Waals surface area contributed by atoms with Gasteiger partial charge in [0.15, 0.2) is 0 Å². The molecule has 1 amide bonds. The van der Waals surface area contributed by atoms with Crippen LogP contribution in [0.1, 0.15) is 40.5 Å². The Hall–Kier alpha value is -0.650. The Morgan fingerprint density at radius 3 is 2.40 bits per heavy atom. The lowest BCUT2D eigenvalue weighted by atomic mass is 10.2. The van der Waals surface area contributed by atoms with Crippen molar-refractivity contribution >= 4 is 5.91 Å². The number of nitrogens with zero attached hydrogens (tertiary/aromatic N) is 2. The van der Waals surface area contributed by atoms with E-state index in [0.29, 0.717) is 19.1 Å². The van der Waals surface area contributed by atoms with Crippen LogP contribution in [0.4, 0.5) is 0 Å². The minimum Gasteiger partial charge on any atom is -0.395 e. The molecule has 0 aromatic rings. The number of carbonyl (C=O) groups is 1. The number of amides is 1. The van der Waals surface area contributed by atoms with Crippen LogP contribution in [-0.2, 0) is 4.79 Å². The highest BCUT2D eigenvalue weighted by atomic mass is 16.3. The van der Waals surface area contributed by atoms with Gasteiger partial charge in [-0.3, -0.25) is 9.69 Å². The molecular weight excluding hydrogens is 254 g/mol. The topological polar surface area (TPSA) is 55.8 Å². The van der Waals surface area contributed by atoms with Gasteiger partial charge in [0, 0.05) is 31.2 Å². The summed E-state index contributed by atoms with van der Waals surface area (Å²) in [6.45, 7) is 11.2. The summed E-state index contributed by atoms with van der Waals surface area (Å²) in [6.07, 6.45) is 2.36. The van der Waals surface area contributed by atoms with Gasteiger partial charge in [-0.1, -0.05) is 0 Å². The van der Waals surface area contributed by atoms with Crippen LogP contribution >= 0.6 is 0 Å². The van der Waals surface area contributed by atoms with Crippen molar-refractivity contribution in [2.24, 2.45) is 0 Å². The Balaban J connectivity index is 2.56. The van der Waals surface area contributed by atoms with Crippen molar-refractivity contribution in [1.82, 2.24) is 15.1 Å². The highest BCUT2D eigenvalue weighted by Crippen LogP contribution is 2.10. The highest BCUT2D eigenvalue weighted by Gasteiger charge is 2.24. The average Bonchev–Trinajstić information content (AvgIpc) is 2.80. The van der Waals surface area contributed by atoms with Crippen LogP contribution in [-0.4, -0.2) is 71.7 Å². The molecule has 1 atom stereocenters. The van der Waals surface area contributed by atoms with E-state index >= 15 is 0 Å². The summed E-state index contributed by atoms with van der Waals surface area (Å²) in [5.41, 5.74) is 0. The van der Waals surface area contributed by atoms with E-state index in [-0.39, 0.29) is 24.6 Å². The molecule has 5 heteroatoms. The second-order valence-electron chi connectivity index (χ2n) is 6.24. The fourth-order valence-electron chi connectivity index (χ4n) is 3.05. The summed E-state index contributed by atoms with van der Waals surface area (Å²) in [4.78, 5) is 16.5. The Morgan fingerprint density at radius 1 is 1.30 bits per heavy atom. The summed E-state index contributed by atoms with van der Waals surface area (Å²) in [7, 11) is 0. The molecule has 1 aliphatic heterocycles. The van der Waals surface area contributed by atoms with Gasteiger partial charge in [-0.05, 0) is 47.1 Å². The molecule has 0 radical (unpaired) electrons.